The summed E-state index contributed by atoms with van der Waals surface area (Å²) < 4.78 is 15.2. The van der Waals surface area contributed by atoms with Gasteiger partial charge >= 0.3 is 0 Å². The van der Waals surface area contributed by atoms with E-state index in [0.29, 0.717) is 56.2 Å². The molecule has 0 atom stereocenters. The second kappa shape index (κ2) is 9.84. The van der Waals surface area contributed by atoms with E-state index in [0.717, 1.165) is 16.8 Å². The van der Waals surface area contributed by atoms with Crippen LogP contribution in [0.3, 0.4) is 0 Å². The zero-order valence-electron chi connectivity index (χ0n) is 21.0. The number of nitrogens with one attached hydrogen (secondary N) is 3. The van der Waals surface area contributed by atoms with E-state index in [9.17, 15) is 9.59 Å². The van der Waals surface area contributed by atoms with E-state index in [1.54, 1.807) is 30.7 Å². The molecule has 6 rings (SSSR count). The maximum absolute atomic E-state index is 15.2. The molecule has 39 heavy (non-hydrogen) atoms. The van der Waals surface area contributed by atoms with Crippen LogP contribution in [-0.4, -0.2) is 41.8 Å². The highest BCUT2D eigenvalue weighted by molar-refractivity contribution is 7.17. The van der Waals surface area contributed by atoms with Crippen LogP contribution >= 0.6 is 11.3 Å². The Hall–Kier alpha value is -4.77. The SMILES string of the molecule is CCCC(=O)Nc1cncc(-c2cc(F)c3n[nH]c(-c4nc5c(-c6ccc(C(C)=O)s6)nccc5[nH]4)c3c2)c1. The van der Waals surface area contributed by atoms with Crippen molar-refractivity contribution in [2.45, 2.75) is 26.7 Å². The Bertz CT molecular complexity index is 1890. The lowest BCUT2D eigenvalue weighted by atomic mass is 10.0. The lowest BCUT2D eigenvalue weighted by Crippen LogP contribution is -2.10. The van der Waals surface area contributed by atoms with Crippen molar-refractivity contribution >= 4 is 50.7 Å². The molecule has 0 aliphatic heterocycles. The predicted molar refractivity (Wildman–Crippen MR) is 149 cm³/mol. The molecule has 0 unspecified atom stereocenters. The van der Waals surface area contributed by atoms with Gasteiger partial charge in [0, 0.05) is 29.8 Å². The Morgan fingerprint density at radius 1 is 1.08 bits per heavy atom. The number of halogens is 1. The maximum atomic E-state index is 15.2. The molecule has 0 aliphatic rings. The van der Waals surface area contributed by atoms with Gasteiger partial charge in [-0.05, 0) is 55.3 Å². The number of benzene rings is 1. The fourth-order valence-corrected chi connectivity index (χ4v) is 5.33. The van der Waals surface area contributed by atoms with Crippen molar-refractivity contribution in [2.24, 2.45) is 0 Å². The maximum Gasteiger partial charge on any atom is 0.224 e. The Balaban J connectivity index is 1.42. The first kappa shape index (κ1) is 24.6. The molecular formula is C28H22FN7O2S. The van der Waals surface area contributed by atoms with Crippen molar-refractivity contribution in [1.82, 2.24) is 30.1 Å². The van der Waals surface area contributed by atoms with Gasteiger partial charge in [0.1, 0.15) is 22.4 Å². The number of carbonyl (C=O) groups is 2. The summed E-state index contributed by atoms with van der Waals surface area (Å²) in [7, 11) is 0. The van der Waals surface area contributed by atoms with Crippen molar-refractivity contribution in [1.29, 1.82) is 0 Å². The molecule has 9 nitrogen and oxygen atoms in total. The zero-order chi connectivity index (χ0) is 27.1. The van der Waals surface area contributed by atoms with Gasteiger partial charge < -0.3 is 10.3 Å². The van der Waals surface area contributed by atoms with Crippen LogP contribution in [-0.2, 0) is 4.79 Å². The number of hydrogen-bond donors (Lipinski definition) is 3. The van der Waals surface area contributed by atoms with Crippen molar-refractivity contribution in [3.8, 4) is 33.2 Å². The quantitative estimate of drug-likeness (QED) is 0.202. The standard InChI is InChI=1S/C28H22FN7O2S/c1-3-4-23(38)32-17-9-16(12-30-13-17)15-10-18-24(19(29)11-15)35-36-25(18)28-33-20-7-8-31-27(26(20)34-28)22-6-5-21(39-22)14(2)37/h5-13H,3-4H2,1-2H3,(H,32,38)(H,33,34)(H,35,36). The van der Waals surface area contributed by atoms with Crippen molar-refractivity contribution in [3.63, 3.8) is 0 Å². The highest BCUT2D eigenvalue weighted by atomic mass is 32.1. The lowest BCUT2D eigenvalue weighted by Gasteiger charge is -2.07. The van der Waals surface area contributed by atoms with Crippen molar-refractivity contribution in [2.75, 3.05) is 5.32 Å². The average molecular weight is 540 g/mol. The van der Waals surface area contributed by atoms with Gasteiger partial charge in [-0.15, -0.1) is 11.3 Å². The molecule has 3 N–H and O–H groups in total. The van der Waals surface area contributed by atoms with Gasteiger partial charge in [-0.25, -0.2) is 9.37 Å². The van der Waals surface area contributed by atoms with E-state index in [2.05, 4.69) is 30.5 Å². The number of H-pyrrole nitrogens is 2. The second-order valence-electron chi connectivity index (χ2n) is 9.07. The Morgan fingerprint density at radius 2 is 1.95 bits per heavy atom. The van der Waals surface area contributed by atoms with E-state index in [1.165, 1.54) is 24.3 Å². The van der Waals surface area contributed by atoms with Gasteiger partial charge in [-0.3, -0.25) is 24.7 Å². The van der Waals surface area contributed by atoms with E-state index in [4.69, 9.17) is 4.98 Å². The van der Waals surface area contributed by atoms with E-state index in [-0.39, 0.29) is 17.2 Å². The summed E-state index contributed by atoms with van der Waals surface area (Å²) in [6.07, 6.45) is 5.99. The molecular weight excluding hydrogens is 517 g/mol. The molecule has 6 aromatic rings. The summed E-state index contributed by atoms with van der Waals surface area (Å²) in [5.74, 6) is -0.138. The number of aromatic nitrogens is 6. The monoisotopic (exact) mass is 539 g/mol. The summed E-state index contributed by atoms with van der Waals surface area (Å²) in [5, 5.41) is 10.5. The number of anilines is 1. The first-order valence-corrected chi connectivity index (χ1v) is 13.1. The number of aromatic amines is 2. The number of pyridine rings is 2. The van der Waals surface area contributed by atoms with Crippen LogP contribution in [0.25, 0.3) is 55.2 Å². The number of imidazole rings is 1. The molecule has 11 heteroatoms. The summed E-state index contributed by atoms with van der Waals surface area (Å²) in [6.45, 7) is 3.46. The van der Waals surface area contributed by atoms with Crippen LogP contribution in [0, 0.1) is 5.82 Å². The molecule has 0 aliphatic carbocycles. The second-order valence-corrected chi connectivity index (χ2v) is 10.2. The van der Waals surface area contributed by atoms with Crippen LogP contribution in [0.5, 0.6) is 0 Å². The largest absolute Gasteiger partial charge is 0.337 e. The first-order chi connectivity index (χ1) is 18.9. The average Bonchev–Trinajstić information content (AvgIpc) is 3.66. The zero-order valence-corrected chi connectivity index (χ0v) is 21.8. The van der Waals surface area contributed by atoms with Crippen molar-refractivity contribution < 1.29 is 14.0 Å². The fraction of sp³-hybridized carbons (Fsp3) is 0.143. The Kier molecular flexibility index (Phi) is 6.20. The molecule has 5 aromatic heterocycles. The highest BCUT2D eigenvalue weighted by Gasteiger charge is 2.19. The number of nitrogens with zero attached hydrogens (tertiary/aromatic N) is 4. The summed E-state index contributed by atoms with van der Waals surface area (Å²) >= 11 is 1.36. The number of Topliss-reactive ketones (excluding diaryl/α,β-unsaturated/α-hetero) is 1. The molecule has 0 bridgehead atoms. The minimum absolute atomic E-state index is 0.00743. The van der Waals surface area contributed by atoms with E-state index >= 15 is 4.39 Å². The number of rotatable bonds is 7. The highest BCUT2D eigenvalue weighted by Crippen LogP contribution is 2.35. The summed E-state index contributed by atoms with van der Waals surface area (Å²) in [6, 6.07) is 10.4. The third-order valence-corrected chi connectivity index (χ3v) is 7.46. The van der Waals surface area contributed by atoms with Crippen LogP contribution in [0.1, 0.15) is 36.4 Å². The molecule has 0 saturated heterocycles. The molecule has 0 spiro atoms. The Morgan fingerprint density at radius 3 is 2.74 bits per heavy atom. The van der Waals surface area contributed by atoms with E-state index < -0.39 is 5.82 Å². The van der Waals surface area contributed by atoms with Crippen LogP contribution < -0.4 is 5.32 Å². The van der Waals surface area contributed by atoms with Gasteiger partial charge in [0.2, 0.25) is 5.91 Å². The van der Waals surface area contributed by atoms with Gasteiger partial charge in [-0.2, -0.15) is 5.10 Å². The summed E-state index contributed by atoms with van der Waals surface area (Å²) in [4.78, 5) is 42.1. The number of fused-ring (bicyclic) bond motifs is 2. The number of amides is 1. The smallest absolute Gasteiger partial charge is 0.224 e. The van der Waals surface area contributed by atoms with Crippen molar-refractivity contribution in [3.05, 3.63) is 65.7 Å². The minimum Gasteiger partial charge on any atom is -0.337 e. The molecule has 0 fully saturated rings. The molecule has 1 amide bonds. The van der Waals surface area contributed by atoms with Crippen LogP contribution in [0.4, 0.5) is 10.1 Å². The minimum atomic E-state index is -0.501. The van der Waals surface area contributed by atoms with Crippen LogP contribution in [0.15, 0.2) is 55.0 Å². The number of thiophene rings is 1. The number of carbonyl (C=O) groups excluding carboxylic acids is 2. The van der Waals surface area contributed by atoms with Gasteiger partial charge in [0.05, 0.1) is 27.2 Å². The molecule has 1 aromatic carbocycles. The normalized spacial score (nSPS) is 11.4. The molecule has 0 radical (unpaired) electrons. The third kappa shape index (κ3) is 4.57. The van der Waals surface area contributed by atoms with E-state index in [1.807, 2.05) is 25.1 Å². The number of hydrogen-bond acceptors (Lipinski definition) is 7. The Labute approximate surface area is 225 Å². The molecule has 0 saturated carbocycles. The molecule has 5 heterocycles. The lowest BCUT2D eigenvalue weighted by molar-refractivity contribution is -0.116. The topological polar surface area (TPSA) is 129 Å². The first-order valence-electron chi connectivity index (χ1n) is 12.3. The van der Waals surface area contributed by atoms with Gasteiger partial charge in [0.15, 0.2) is 17.4 Å². The number of ketones is 1. The predicted octanol–water partition coefficient (Wildman–Crippen LogP) is 6.37. The van der Waals surface area contributed by atoms with Crippen LogP contribution in [0.2, 0.25) is 0 Å². The summed E-state index contributed by atoms with van der Waals surface area (Å²) in [5.41, 5.74) is 4.48. The molecule has 194 valence electrons. The van der Waals surface area contributed by atoms with Gasteiger partial charge in [0.25, 0.3) is 0 Å². The van der Waals surface area contributed by atoms with Gasteiger partial charge in [-0.1, -0.05) is 6.92 Å². The third-order valence-electron chi connectivity index (χ3n) is 6.27. The fourth-order valence-electron chi connectivity index (χ4n) is 4.43.